The molecule has 0 spiro atoms. The molecule has 1 rings (SSSR count). The lowest BCUT2D eigenvalue weighted by Gasteiger charge is -2.13. The average molecular weight is 255 g/mol. The summed E-state index contributed by atoms with van der Waals surface area (Å²) in [5.74, 6) is 0.0245. The maximum Gasteiger partial charge on any atom is 0.234 e. The molecule has 1 amide bonds. The number of rotatable bonds is 5. The zero-order chi connectivity index (χ0) is 13.0. The van der Waals surface area contributed by atoms with Crippen LogP contribution < -0.4 is 10.6 Å². The number of hydrogen-bond donors (Lipinski definition) is 2. The van der Waals surface area contributed by atoms with Crippen LogP contribution in [-0.4, -0.2) is 23.5 Å². The third kappa shape index (κ3) is 4.44. The van der Waals surface area contributed by atoms with Gasteiger partial charge in [0.25, 0.3) is 0 Å². The van der Waals surface area contributed by atoms with Crippen molar-refractivity contribution in [2.75, 3.05) is 6.54 Å². The van der Waals surface area contributed by atoms with E-state index in [1.807, 2.05) is 27.7 Å². The van der Waals surface area contributed by atoms with Crippen LogP contribution >= 0.6 is 11.3 Å². The smallest absolute Gasteiger partial charge is 0.234 e. The standard InChI is InChI=1S/C12H21N3OS/c1-7(2)14-11(16)6-13-8(3)12-9(4)17-10(5)15-12/h7-8,13H,6H2,1-5H3,(H,14,16). The number of carbonyl (C=O) groups excluding carboxylic acids is 1. The maximum absolute atomic E-state index is 11.5. The molecule has 0 saturated carbocycles. The second kappa shape index (κ2) is 6.12. The lowest BCUT2D eigenvalue weighted by atomic mass is 10.2. The van der Waals surface area contributed by atoms with E-state index in [1.165, 1.54) is 4.88 Å². The minimum absolute atomic E-state index is 0.0245. The molecule has 1 aromatic rings. The normalized spacial score (nSPS) is 12.8. The van der Waals surface area contributed by atoms with Crippen LogP contribution in [0.5, 0.6) is 0 Å². The molecular formula is C12H21N3OS. The molecule has 1 aromatic heterocycles. The molecule has 0 aromatic carbocycles. The van der Waals surface area contributed by atoms with Gasteiger partial charge in [-0.3, -0.25) is 4.79 Å². The van der Waals surface area contributed by atoms with Gasteiger partial charge in [-0.1, -0.05) is 0 Å². The summed E-state index contributed by atoms with van der Waals surface area (Å²) in [5.41, 5.74) is 1.05. The van der Waals surface area contributed by atoms with Crippen LogP contribution in [-0.2, 0) is 4.79 Å². The molecule has 1 heterocycles. The highest BCUT2D eigenvalue weighted by atomic mass is 32.1. The number of thiazole rings is 1. The predicted octanol–water partition coefficient (Wildman–Crippen LogP) is 1.94. The molecular weight excluding hydrogens is 234 g/mol. The fourth-order valence-corrected chi connectivity index (χ4v) is 2.58. The Morgan fingerprint density at radius 1 is 1.35 bits per heavy atom. The number of hydrogen-bond acceptors (Lipinski definition) is 4. The molecule has 0 aliphatic rings. The highest BCUT2D eigenvalue weighted by Crippen LogP contribution is 2.21. The summed E-state index contributed by atoms with van der Waals surface area (Å²) < 4.78 is 0. The van der Waals surface area contributed by atoms with Gasteiger partial charge >= 0.3 is 0 Å². The minimum atomic E-state index is 0.0245. The van der Waals surface area contributed by atoms with Gasteiger partial charge in [0.15, 0.2) is 0 Å². The molecule has 96 valence electrons. The van der Waals surface area contributed by atoms with Crippen LogP contribution in [0.3, 0.4) is 0 Å². The summed E-state index contributed by atoms with van der Waals surface area (Å²) in [6, 6.07) is 0.292. The predicted molar refractivity (Wildman–Crippen MR) is 71.3 cm³/mol. The summed E-state index contributed by atoms with van der Waals surface area (Å²) in [7, 11) is 0. The van der Waals surface area contributed by atoms with E-state index in [2.05, 4.69) is 22.5 Å². The van der Waals surface area contributed by atoms with Gasteiger partial charge in [-0.15, -0.1) is 11.3 Å². The Labute approximate surface area is 107 Å². The fourth-order valence-electron chi connectivity index (χ4n) is 1.66. The number of aromatic nitrogens is 1. The monoisotopic (exact) mass is 255 g/mol. The molecule has 1 atom stereocenters. The number of nitrogens with zero attached hydrogens (tertiary/aromatic N) is 1. The number of amides is 1. The Balaban J connectivity index is 2.47. The van der Waals surface area contributed by atoms with E-state index in [4.69, 9.17) is 0 Å². The van der Waals surface area contributed by atoms with Crippen molar-refractivity contribution >= 4 is 17.2 Å². The quantitative estimate of drug-likeness (QED) is 0.845. The van der Waals surface area contributed by atoms with E-state index >= 15 is 0 Å². The van der Waals surface area contributed by atoms with Gasteiger partial charge in [0.05, 0.1) is 17.2 Å². The molecule has 0 fully saturated rings. The molecule has 17 heavy (non-hydrogen) atoms. The molecule has 0 saturated heterocycles. The van der Waals surface area contributed by atoms with Crippen molar-refractivity contribution in [2.24, 2.45) is 0 Å². The molecule has 2 N–H and O–H groups in total. The largest absolute Gasteiger partial charge is 0.353 e. The first kappa shape index (κ1) is 14.1. The van der Waals surface area contributed by atoms with Gasteiger partial charge in [0.2, 0.25) is 5.91 Å². The van der Waals surface area contributed by atoms with E-state index in [-0.39, 0.29) is 18.0 Å². The summed E-state index contributed by atoms with van der Waals surface area (Å²) in [5, 5.41) is 7.11. The summed E-state index contributed by atoms with van der Waals surface area (Å²) in [4.78, 5) is 17.2. The minimum Gasteiger partial charge on any atom is -0.353 e. The summed E-state index contributed by atoms with van der Waals surface area (Å²) in [6.07, 6.45) is 0. The molecule has 5 heteroatoms. The van der Waals surface area contributed by atoms with Crippen LogP contribution in [0.25, 0.3) is 0 Å². The lowest BCUT2D eigenvalue weighted by molar-refractivity contribution is -0.120. The first-order valence-electron chi connectivity index (χ1n) is 5.86. The van der Waals surface area contributed by atoms with Crippen LogP contribution in [0.2, 0.25) is 0 Å². The summed E-state index contributed by atoms with van der Waals surface area (Å²) >= 11 is 1.69. The topological polar surface area (TPSA) is 54.0 Å². The van der Waals surface area contributed by atoms with Crippen molar-refractivity contribution in [3.05, 3.63) is 15.6 Å². The molecule has 0 radical (unpaired) electrons. The summed E-state index contributed by atoms with van der Waals surface area (Å²) in [6.45, 7) is 10.3. The molecule has 0 aliphatic heterocycles. The van der Waals surface area contributed by atoms with Gasteiger partial charge in [-0.2, -0.15) is 0 Å². The van der Waals surface area contributed by atoms with Crippen molar-refractivity contribution in [1.82, 2.24) is 15.6 Å². The van der Waals surface area contributed by atoms with Gasteiger partial charge in [-0.25, -0.2) is 4.98 Å². The number of carbonyl (C=O) groups is 1. The Hall–Kier alpha value is -0.940. The van der Waals surface area contributed by atoms with Gasteiger partial charge in [-0.05, 0) is 34.6 Å². The average Bonchev–Trinajstić information content (AvgIpc) is 2.53. The Morgan fingerprint density at radius 2 is 2.00 bits per heavy atom. The lowest BCUT2D eigenvalue weighted by Crippen LogP contribution is -2.38. The van der Waals surface area contributed by atoms with Gasteiger partial charge in [0.1, 0.15) is 0 Å². The van der Waals surface area contributed by atoms with Crippen molar-refractivity contribution in [1.29, 1.82) is 0 Å². The van der Waals surface area contributed by atoms with E-state index in [1.54, 1.807) is 11.3 Å². The highest BCUT2D eigenvalue weighted by Gasteiger charge is 2.13. The Morgan fingerprint density at radius 3 is 2.47 bits per heavy atom. The highest BCUT2D eigenvalue weighted by molar-refractivity contribution is 7.11. The van der Waals surface area contributed by atoms with E-state index in [9.17, 15) is 4.79 Å². The first-order valence-corrected chi connectivity index (χ1v) is 6.68. The SMILES string of the molecule is Cc1nc(C(C)NCC(=O)NC(C)C)c(C)s1. The second-order valence-electron chi connectivity index (χ2n) is 4.50. The number of aryl methyl sites for hydroxylation is 2. The van der Waals surface area contributed by atoms with Crippen LogP contribution in [0.4, 0.5) is 0 Å². The van der Waals surface area contributed by atoms with Crippen molar-refractivity contribution in [3.63, 3.8) is 0 Å². The molecule has 1 unspecified atom stereocenters. The van der Waals surface area contributed by atoms with E-state index in [0.717, 1.165) is 10.7 Å². The van der Waals surface area contributed by atoms with Crippen LogP contribution in [0.1, 0.15) is 42.4 Å². The second-order valence-corrected chi connectivity index (χ2v) is 5.91. The molecule has 0 aliphatic carbocycles. The Kier molecular flexibility index (Phi) is 5.08. The first-order chi connectivity index (χ1) is 7.90. The Bertz CT molecular complexity index is 387. The van der Waals surface area contributed by atoms with Crippen LogP contribution in [0.15, 0.2) is 0 Å². The molecule has 0 bridgehead atoms. The van der Waals surface area contributed by atoms with Gasteiger partial charge in [0, 0.05) is 17.0 Å². The zero-order valence-corrected chi connectivity index (χ0v) is 11.9. The fraction of sp³-hybridized carbons (Fsp3) is 0.667. The van der Waals surface area contributed by atoms with Crippen molar-refractivity contribution in [3.8, 4) is 0 Å². The van der Waals surface area contributed by atoms with Crippen molar-refractivity contribution in [2.45, 2.75) is 46.7 Å². The maximum atomic E-state index is 11.5. The van der Waals surface area contributed by atoms with Gasteiger partial charge < -0.3 is 10.6 Å². The van der Waals surface area contributed by atoms with Crippen LogP contribution in [0, 0.1) is 13.8 Å². The van der Waals surface area contributed by atoms with Crippen molar-refractivity contribution < 1.29 is 4.79 Å². The number of nitrogens with one attached hydrogen (secondary N) is 2. The van der Waals surface area contributed by atoms with E-state index < -0.39 is 0 Å². The third-order valence-electron chi connectivity index (χ3n) is 2.37. The van der Waals surface area contributed by atoms with E-state index in [0.29, 0.717) is 6.54 Å². The molecule has 4 nitrogen and oxygen atoms in total. The third-order valence-corrected chi connectivity index (χ3v) is 3.27. The zero-order valence-electron chi connectivity index (χ0n) is 11.1.